The van der Waals surface area contributed by atoms with E-state index < -0.39 is 12.1 Å². The molecule has 0 saturated heterocycles. The molecule has 0 heterocycles. The van der Waals surface area contributed by atoms with Crippen LogP contribution in [0.3, 0.4) is 0 Å². The fourth-order valence-corrected chi connectivity index (χ4v) is 1.94. The Hall–Kier alpha value is -1.01. The molecule has 0 spiro atoms. The third kappa shape index (κ3) is 3.26. The maximum Gasteiger partial charge on any atom is 0.141 e. The average Bonchev–Trinajstić information content (AvgIpc) is 2.37. The fraction of sp³-hybridized carbons (Fsp3) is 0.500. The van der Waals surface area contributed by atoms with E-state index in [0.29, 0.717) is 35.1 Å². The van der Waals surface area contributed by atoms with Crippen molar-refractivity contribution in [3.63, 3.8) is 0 Å². The fourth-order valence-electron chi connectivity index (χ4n) is 1.70. The van der Waals surface area contributed by atoms with Gasteiger partial charge in [0.25, 0.3) is 0 Å². The number of benzene rings is 1. The number of hydrogen-bond acceptors (Lipinski definition) is 5. The molecular weight excluding hydrogens is 256 g/mol. The maximum atomic E-state index is 10.2. The molecule has 1 aromatic carbocycles. The van der Waals surface area contributed by atoms with Gasteiger partial charge in [0.2, 0.25) is 0 Å². The lowest BCUT2D eigenvalue weighted by atomic mass is 9.99. The van der Waals surface area contributed by atoms with E-state index >= 15 is 0 Å². The van der Waals surface area contributed by atoms with Crippen molar-refractivity contribution in [1.29, 1.82) is 0 Å². The van der Waals surface area contributed by atoms with Crippen molar-refractivity contribution in [2.24, 2.45) is 11.5 Å². The number of methoxy groups -OCH3 is 2. The van der Waals surface area contributed by atoms with Crippen LogP contribution in [0.1, 0.15) is 18.1 Å². The standard InChI is InChI=1S/C12H19ClN2O3/c1-17-10-6-11(18-2)8(13)5-7(10)12(16)9(15)3-4-14/h5-6,9,12,16H,3-4,14-15H2,1-2H3. The molecule has 0 bridgehead atoms. The molecule has 0 fully saturated rings. The van der Waals surface area contributed by atoms with Gasteiger partial charge in [0.05, 0.1) is 25.3 Å². The molecule has 1 rings (SSSR count). The van der Waals surface area contributed by atoms with Crippen LogP contribution in [0.4, 0.5) is 0 Å². The minimum Gasteiger partial charge on any atom is -0.496 e. The Morgan fingerprint density at radius 1 is 1.28 bits per heavy atom. The van der Waals surface area contributed by atoms with E-state index in [1.807, 2.05) is 0 Å². The van der Waals surface area contributed by atoms with Gasteiger partial charge in [-0.05, 0) is 19.0 Å². The van der Waals surface area contributed by atoms with Gasteiger partial charge in [-0.3, -0.25) is 0 Å². The first-order valence-corrected chi connectivity index (χ1v) is 5.98. The Morgan fingerprint density at radius 3 is 2.39 bits per heavy atom. The van der Waals surface area contributed by atoms with E-state index in [2.05, 4.69) is 0 Å². The largest absolute Gasteiger partial charge is 0.496 e. The van der Waals surface area contributed by atoms with Gasteiger partial charge in [-0.25, -0.2) is 0 Å². The van der Waals surface area contributed by atoms with Crippen molar-refractivity contribution in [2.75, 3.05) is 20.8 Å². The van der Waals surface area contributed by atoms with Crippen LogP contribution in [-0.2, 0) is 0 Å². The molecular formula is C12H19ClN2O3. The summed E-state index contributed by atoms with van der Waals surface area (Å²) in [7, 11) is 3.02. The SMILES string of the molecule is COc1cc(OC)c(C(O)C(N)CCN)cc1Cl. The summed E-state index contributed by atoms with van der Waals surface area (Å²) in [4.78, 5) is 0. The highest BCUT2D eigenvalue weighted by atomic mass is 35.5. The lowest BCUT2D eigenvalue weighted by Crippen LogP contribution is -2.31. The number of ether oxygens (including phenoxy) is 2. The molecule has 0 saturated carbocycles. The molecule has 6 heteroatoms. The molecule has 0 aromatic heterocycles. The third-order valence-electron chi connectivity index (χ3n) is 2.73. The molecule has 0 aliphatic carbocycles. The van der Waals surface area contributed by atoms with E-state index in [-0.39, 0.29) is 0 Å². The number of nitrogens with two attached hydrogens (primary N) is 2. The molecule has 102 valence electrons. The number of rotatable bonds is 6. The van der Waals surface area contributed by atoms with Crippen LogP contribution < -0.4 is 20.9 Å². The first-order chi connectivity index (χ1) is 8.54. The van der Waals surface area contributed by atoms with Crippen LogP contribution in [0.15, 0.2) is 12.1 Å². The quantitative estimate of drug-likeness (QED) is 0.722. The van der Waals surface area contributed by atoms with E-state index in [9.17, 15) is 5.11 Å². The first-order valence-electron chi connectivity index (χ1n) is 5.60. The van der Waals surface area contributed by atoms with Crippen LogP contribution in [0.5, 0.6) is 11.5 Å². The Bertz CT molecular complexity index is 401. The second-order valence-electron chi connectivity index (χ2n) is 3.91. The van der Waals surface area contributed by atoms with Crippen molar-refractivity contribution < 1.29 is 14.6 Å². The van der Waals surface area contributed by atoms with Crippen LogP contribution in [0.2, 0.25) is 5.02 Å². The zero-order valence-electron chi connectivity index (χ0n) is 10.5. The molecule has 0 aliphatic rings. The average molecular weight is 275 g/mol. The molecule has 2 unspecified atom stereocenters. The summed E-state index contributed by atoms with van der Waals surface area (Å²) in [5.74, 6) is 0.966. The zero-order valence-corrected chi connectivity index (χ0v) is 11.3. The van der Waals surface area contributed by atoms with Crippen LogP contribution >= 0.6 is 11.6 Å². The zero-order chi connectivity index (χ0) is 13.7. The van der Waals surface area contributed by atoms with Crippen molar-refractivity contribution in [3.05, 3.63) is 22.7 Å². The molecule has 18 heavy (non-hydrogen) atoms. The maximum absolute atomic E-state index is 10.2. The second kappa shape index (κ2) is 6.80. The molecule has 5 N–H and O–H groups in total. The summed E-state index contributed by atoms with van der Waals surface area (Å²) in [5, 5.41) is 10.6. The van der Waals surface area contributed by atoms with Crippen molar-refractivity contribution in [3.8, 4) is 11.5 Å². The summed E-state index contributed by atoms with van der Waals surface area (Å²) in [6.07, 6.45) is -0.375. The van der Waals surface area contributed by atoms with Gasteiger partial charge in [-0.1, -0.05) is 11.6 Å². The Kier molecular flexibility index (Phi) is 5.68. The molecule has 2 atom stereocenters. The van der Waals surface area contributed by atoms with Crippen molar-refractivity contribution in [1.82, 2.24) is 0 Å². The topological polar surface area (TPSA) is 90.7 Å². The van der Waals surface area contributed by atoms with Crippen LogP contribution in [0.25, 0.3) is 0 Å². The third-order valence-corrected chi connectivity index (χ3v) is 3.02. The van der Waals surface area contributed by atoms with Gasteiger partial charge in [0.15, 0.2) is 0 Å². The normalized spacial score (nSPS) is 14.1. The number of aliphatic hydroxyl groups is 1. The summed E-state index contributed by atoms with van der Waals surface area (Å²) in [5.41, 5.74) is 11.8. The summed E-state index contributed by atoms with van der Waals surface area (Å²) >= 11 is 6.03. The van der Waals surface area contributed by atoms with Gasteiger partial charge < -0.3 is 26.0 Å². The van der Waals surface area contributed by atoms with Gasteiger partial charge in [-0.15, -0.1) is 0 Å². The summed E-state index contributed by atoms with van der Waals surface area (Å²) in [6.45, 7) is 0.407. The highest BCUT2D eigenvalue weighted by molar-refractivity contribution is 6.32. The summed E-state index contributed by atoms with van der Waals surface area (Å²) < 4.78 is 10.3. The van der Waals surface area contributed by atoms with Gasteiger partial charge in [-0.2, -0.15) is 0 Å². The lowest BCUT2D eigenvalue weighted by molar-refractivity contribution is 0.139. The van der Waals surface area contributed by atoms with Gasteiger partial charge in [0, 0.05) is 17.7 Å². The Labute approximate surface area is 112 Å². The number of aliphatic hydroxyl groups excluding tert-OH is 1. The highest BCUT2D eigenvalue weighted by Crippen LogP contribution is 2.36. The minimum absolute atomic E-state index is 0.396. The molecule has 1 aromatic rings. The number of hydrogen-bond donors (Lipinski definition) is 3. The van der Waals surface area contributed by atoms with Crippen LogP contribution in [0, 0.1) is 0 Å². The predicted molar refractivity (Wildman–Crippen MR) is 71.2 cm³/mol. The second-order valence-corrected chi connectivity index (χ2v) is 4.32. The smallest absolute Gasteiger partial charge is 0.141 e. The van der Waals surface area contributed by atoms with E-state index in [0.717, 1.165) is 0 Å². The van der Waals surface area contributed by atoms with Crippen molar-refractivity contribution >= 4 is 11.6 Å². The molecule has 0 amide bonds. The van der Waals surface area contributed by atoms with E-state index in [4.69, 9.17) is 32.5 Å². The van der Waals surface area contributed by atoms with Gasteiger partial charge >= 0.3 is 0 Å². The monoisotopic (exact) mass is 274 g/mol. The van der Waals surface area contributed by atoms with Gasteiger partial charge in [0.1, 0.15) is 11.5 Å². The Balaban J connectivity index is 3.10. The van der Waals surface area contributed by atoms with Crippen molar-refractivity contribution in [2.45, 2.75) is 18.6 Å². The lowest BCUT2D eigenvalue weighted by Gasteiger charge is -2.21. The van der Waals surface area contributed by atoms with Crippen LogP contribution in [-0.4, -0.2) is 31.9 Å². The minimum atomic E-state index is -0.882. The Morgan fingerprint density at radius 2 is 1.89 bits per heavy atom. The predicted octanol–water partition coefficient (Wildman–Crippen LogP) is 1.07. The number of halogens is 1. The molecule has 0 radical (unpaired) electrons. The van der Waals surface area contributed by atoms with E-state index in [1.165, 1.54) is 14.2 Å². The molecule has 5 nitrogen and oxygen atoms in total. The first kappa shape index (κ1) is 15.0. The molecule has 0 aliphatic heterocycles. The highest BCUT2D eigenvalue weighted by Gasteiger charge is 2.22. The summed E-state index contributed by atoms with van der Waals surface area (Å²) in [6, 6.07) is 2.75. The van der Waals surface area contributed by atoms with E-state index in [1.54, 1.807) is 12.1 Å².